The van der Waals surface area contributed by atoms with Crippen LogP contribution < -0.4 is 5.32 Å². The molecule has 0 aliphatic heterocycles. The first-order valence-electron chi connectivity index (χ1n) is 7.69. The third-order valence-electron chi connectivity index (χ3n) is 3.77. The fourth-order valence-corrected chi connectivity index (χ4v) is 3.12. The third kappa shape index (κ3) is 4.86. The van der Waals surface area contributed by atoms with Crippen molar-refractivity contribution in [3.8, 4) is 0 Å². The maximum Gasteiger partial charge on any atom is 0.310 e. The molecule has 0 radical (unpaired) electrons. The van der Waals surface area contributed by atoms with E-state index < -0.39 is 11.9 Å². The minimum atomic E-state index is -0.864. The van der Waals surface area contributed by atoms with Crippen molar-refractivity contribution in [1.82, 2.24) is 0 Å². The van der Waals surface area contributed by atoms with Crippen LogP contribution in [0.4, 0.5) is 5.69 Å². The average molecular weight is 343 g/mol. The van der Waals surface area contributed by atoms with E-state index in [1.165, 1.54) is 17.3 Å². The van der Waals surface area contributed by atoms with Crippen molar-refractivity contribution in [3.63, 3.8) is 0 Å². The van der Waals surface area contributed by atoms with Gasteiger partial charge in [0.15, 0.2) is 0 Å². The van der Waals surface area contributed by atoms with Crippen LogP contribution in [0.2, 0.25) is 0 Å². The lowest BCUT2D eigenvalue weighted by molar-refractivity contribution is -0.138. The molecule has 0 spiro atoms. The van der Waals surface area contributed by atoms with Crippen LogP contribution in [0.1, 0.15) is 29.5 Å². The standard InChI is InChI=1S/C19H21NO3S/c1-12-4-5-13(2)17(10-12)24-11-18(21)20-16-8-6-15(7-9-16)14(3)19(22)23/h4-10,14H,11H2,1-3H3,(H,20,21)(H,22,23). The lowest BCUT2D eigenvalue weighted by Crippen LogP contribution is -2.14. The molecule has 1 amide bonds. The second-order valence-electron chi connectivity index (χ2n) is 5.79. The molecule has 0 saturated carbocycles. The lowest BCUT2D eigenvalue weighted by atomic mass is 10.0. The van der Waals surface area contributed by atoms with Gasteiger partial charge in [-0.25, -0.2) is 0 Å². The SMILES string of the molecule is Cc1ccc(C)c(SCC(=O)Nc2ccc(C(C)C(=O)O)cc2)c1. The molecular weight excluding hydrogens is 322 g/mol. The molecule has 126 valence electrons. The van der Waals surface area contributed by atoms with E-state index >= 15 is 0 Å². The van der Waals surface area contributed by atoms with Gasteiger partial charge in [0.05, 0.1) is 11.7 Å². The Morgan fingerprint density at radius 3 is 2.42 bits per heavy atom. The predicted molar refractivity (Wildman–Crippen MR) is 97.8 cm³/mol. The second-order valence-corrected chi connectivity index (χ2v) is 6.80. The van der Waals surface area contributed by atoms with E-state index in [0.717, 1.165) is 10.5 Å². The first-order chi connectivity index (χ1) is 11.4. The summed E-state index contributed by atoms with van der Waals surface area (Å²) >= 11 is 1.51. The van der Waals surface area contributed by atoms with Crippen molar-refractivity contribution in [3.05, 3.63) is 59.2 Å². The Labute approximate surface area is 146 Å². The number of hydrogen-bond acceptors (Lipinski definition) is 3. The highest BCUT2D eigenvalue weighted by Gasteiger charge is 2.13. The predicted octanol–water partition coefficient (Wildman–Crippen LogP) is 4.22. The number of anilines is 1. The molecule has 0 aromatic heterocycles. The van der Waals surface area contributed by atoms with Crippen molar-refractivity contribution >= 4 is 29.3 Å². The fourth-order valence-electron chi connectivity index (χ4n) is 2.20. The number of aliphatic carboxylic acids is 1. The summed E-state index contributed by atoms with van der Waals surface area (Å²) < 4.78 is 0. The first-order valence-corrected chi connectivity index (χ1v) is 8.68. The van der Waals surface area contributed by atoms with Crippen LogP contribution in [0.5, 0.6) is 0 Å². The molecule has 0 heterocycles. The van der Waals surface area contributed by atoms with Crippen LogP contribution in [0.15, 0.2) is 47.4 Å². The Balaban J connectivity index is 1.92. The van der Waals surface area contributed by atoms with E-state index in [1.807, 2.05) is 13.8 Å². The minimum absolute atomic E-state index is 0.0834. The largest absolute Gasteiger partial charge is 0.481 e. The highest BCUT2D eigenvalue weighted by Crippen LogP contribution is 2.24. The van der Waals surface area contributed by atoms with E-state index in [9.17, 15) is 9.59 Å². The van der Waals surface area contributed by atoms with Gasteiger partial charge in [0, 0.05) is 10.6 Å². The number of hydrogen-bond donors (Lipinski definition) is 2. The average Bonchev–Trinajstić information content (AvgIpc) is 2.55. The van der Waals surface area contributed by atoms with Crippen LogP contribution in [0, 0.1) is 13.8 Å². The van der Waals surface area contributed by atoms with Crippen LogP contribution in [-0.2, 0) is 9.59 Å². The van der Waals surface area contributed by atoms with Gasteiger partial charge in [-0.3, -0.25) is 9.59 Å². The van der Waals surface area contributed by atoms with Crippen LogP contribution in [0.25, 0.3) is 0 Å². The quantitative estimate of drug-likeness (QED) is 0.771. The summed E-state index contributed by atoms with van der Waals surface area (Å²) in [6, 6.07) is 13.1. The zero-order valence-corrected chi connectivity index (χ0v) is 14.8. The van der Waals surface area contributed by atoms with Crippen molar-refractivity contribution in [1.29, 1.82) is 0 Å². The summed E-state index contributed by atoms with van der Waals surface area (Å²) in [5.74, 6) is -1.18. The number of amides is 1. The maximum absolute atomic E-state index is 12.1. The topological polar surface area (TPSA) is 66.4 Å². The normalized spacial score (nSPS) is 11.8. The molecule has 2 aromatic rings. The monoisotopic (exact) mass is 343 g/mol. The van der Waals surface area contributed by atoms with Gasteiger partial charge in [0.1, 0.15) is 0 Å². The Kier molecular flexibility index (Phi) is 6.04. The Bertz CT molecular complexity index is 741. The number of aryl methyl sites for hydroxylation is 2. The van der Waals surface area contributed by atoms with Gasteiger partial charge < -0.3 is 10.4 Å². The molecule has 0 fully saturated rings. The van der Waals surface area contributed by atoms with Gasteiger partial charge in [0.25, 0.3) is 0 Å². The Morgan fingerprint density at radius 2 is 1.79 bits per heavy atom. The molecule has 2 N–H and O–H groups in total. The van der Waals surface area contributed by atoms with Crippen molar-refractivity contribution in [2.24, 2.45) is 0 Å². The number of nitrogens with one attached hydrogen (secondary N) is 1. The lowest BCUT2D eigenvalue weighted by Gasteiger charge is -2.10. The molecule has 0 bridgehead atoms. The van der Waals surface area contributed by atoms with E-state index in [1.54, 1.807) is 31.2 Å². The summed E-state index contributed by atoms with van der Waals surface area (Å²) in [5, 5.41) is 11.8. The molecule has 1 unspecified atom stereocenters. The highest BCUT2D eigenvalue weighted by molar-refractivity contribution is 8.00. The first kappa shape index (κ1) is 18.1. The van der Waals surface area contributed by atoms with Gasteiger partial charge in [-0.2, -0.15) is 0 Å². The molecule has 0 aliphatic carbocycles. The molecule has 24 heavy (non-hydrogen) atoms. The zero-order chi connectivity index (χ0) is 17.7. The molecule has 1 atom stereocenters. The minimum Gasteiger partial charge on any atom is -0.481 e. The number of carbonyl (C=O) groups is 2. The summed E-state index contributed by atoms with van der Waals surface area (Å²) in [4.78, 5) is 24.2. The number of rotatable bonds is 6. The second kappa shape index (κ2) is 8.02. The molecule has 0 saturated heterocycles. The van der Waals surface area contributed by atoms with Crippen molar-refractivity contribution in [2.45, 2.75) is 31.6 Å². The Hall–Kier alpha value is -2.27. The summed E-state index contributed by atoms with van der Waals surface area (Å²) in [6.45, 7) is 5.70. The molecule has 2 aromatic carbocycles. The van der Waals surface area contributed by atoms with Crippen molar-refractivity contribution in [2.75, 3.05) is 11.1 Å². The van der Waals surface area contributed by atoms with Gasteiger partial charge in [-0.15, -0.1) is 11.8 Å². The molecular formula is C19H21NO3S. The van der Waals surface area contributed by atoms with Crippen LogP contribution in [-0.4, -0.2) is 22.7 Å². The van der Waals surface area contributed by atoms with Crippen LogP contribution in [0.3, 0.4) is 0 Å². The zero-order valence-electron chi connectivity index (χ0n) is 14.0. The number of carboxylic acid groups (broad SMARTS) is 1. The molecule has 4 nitrogen and oxygen atoms in total. The number of carboxylic acids is 1. The van der Waals surface area contributed by atoms with Crippen molar-refractivity contribution < 1.29 is 14.7 Å². The maximum atomic E-state index is 12.1. The third-order valence-corrected chi connectivity index (χ3v) is 4.92. The fraction of sp³-hybridized carbons (Fsp3) is 0.263. The van der Waals surface area contributed by atoms with Gasteiger partial charge in [0.2, 0.25) is 5.91 Å². The van der Waals surface area contributed by atoms with Gasteiger partial charge in [-0.05, 0) is 50.1 Å². The Morgan fingerprint density at radius 1 is 1.12 bits per heavy atom. The van der Waals surface area contributed by atoms with E-state index in [4.69, 9.17) is 5.11 Å². The van der Waals surface area contributed by atoms with Gasteiger partial charge >= 0.3 is 5.97 Å². The smallest absolute Gasteiger partial charge is 0.310 e. The van der Waals surface area contributed by atoms with Gasteiger partial charge in [-0.1, -0.05) is 29.8 Å². The molecule has 5 heteroatoms. The van der Waals surface area contributed by atoms with Crippen LogP contribution >= 0.6 is 11.8 Å². The summed E-state index contributed by atoms with van der Waals surface area (Å²) in [7, 11) is 0. The summed E-state index contributed by atoms with van der Waals surface area (Å²) in [5.41, 5.74) is 3.71. The number of carbonyl (C=O) groups excluding carboxylic acids is 1. The highest BCUT2D eigenvalue weighted by atomic mass is 32.2. The molecule has 2 rings (SSSR count). The number of thioether (sulfide) groups is 1. The summed E-state index contributed by atoms with van der Waals surface area (Å²) in [6.07, 6.45) is 0. The van der Waals surface area contributed by atoms with E-state index in [0.29, 0.717) is 17.0 Å². The molecule has 0 aliphatic rings. The van der Waals surface area contributed by atoms with E-state index in [-0.39, 0.29) is 5.91 Å². The number of benzene rings is 2. The van der Waals surface area contributed by atoms with E-state index in [2.05, 4.69) is 23.5 Å².